The lowest BCUT2D eigenvalue weighted by Crippen LogP contribution is -2.35. The molecular weight excluding hydrogens is 244 g/mol. The van der Waals surface area contributed by atoms with Crippen LogP contribution in [0, 0.1) is 5.92 Å². The van der Waals surface area contributed by atoms with Crippen LogP contribution < -0.4 is 0 Å². The van der Waals surface area contributed by atoms with Gasteiger partial charge in [0.15, 0.2) is 0 Å². The zero-order valence-electron chi connectivity index (χ0n) is 10.2. The molecule has 1 atom stereocenters. The predicted molar refractivity (Wildman–Crippen MR) is 73.7 cm³/mol. The topological polar surface area (TPSA) is 33.2 Å². The van der Waals surface area contributed by atoms with Gasteiger partial charge in [0.25, 0.3) is 0 Å². The fourth-order valence-electron chi connectivity index (χ4n) is 2.52. The molecule has 1 unspecified atom stereocenters. The normalized spacial score (nSPS) is 21.2. The van der Waals surface area contributed by atoms with Crippen LogP contribution >= 0.6 is 11.3 Å². The Balaban J connectivity index is 1.73. The van der Waals surface area contributed by atoms with Crippen LogP contribution in [0.5, 0.6) is 0 Å². The van der Waals surface area contributed by atoms with Gasteiger partial charge in [-0.1, -0.05) is 12.1 Å². The number of hydrogen-bond donors (Lipinski definition) is 0. The van der Waals surface area contributed by atoms with E-state index in [1.807, 2.05) is 12.1 Å². The number of likely N-dealkylation sites (tertiary alicyclic amines) is 1. The molecule has 1 aromatic heterocycles. The third-order valence-corrected chi connectivity index (χ3v) is 4.45. The van der Waals surface area contributed by atoms with Crippen LogP contribution in [-0.4, -0.2) is 29.3 Å². The van der Waals surface area contributed by atoms with E-state index in [9.17, 15) is 4.79 Å². The summed E-state index contributed by atoms with van der Waals surface area (Å²) in [5.41, 5.74) is 1.08. The number of piperidine rings is 1. The van der Waals surface area contributed by atoms with Gasteiger partial charge in [0.05, 0.1) is 16.8 Å². The van der Waals surface area contributed by atoms with E-state index in [1.54, 1.807) is 11.3 Å². The third kappa shape index (κ3) is 2.44. The molecule has 4 heteroatoms. The van der Waals surface area contributed by atoms with E-state index in [1.165, 1.54) is 4.70 Å². The Labute approximate surface area is 110 Å². The SMILES string of the molecule is O=CC1CCCN(Cc2nc3ccccc3s2)C1. The molecule has 1 aliphatic rings. The molecule has 3 nitrogen and oxygen atoms in total. The minimum atomic E-state index is 0.216. The van der Waals surface area contributed by atoms with Crippen LogP contribution in [0.1, 0.15) is 17.8 Å². The van der Waals surface area contributed by atoms with Crippen LogP contribution in [0.15, 0.2) is 24.3 Å². The number of para-hydroxylation sites is 1. The first-order valence-electron chi connectivity index (χ1n) is 6.37. The van der Waals surface area contributed by atoms with E-state index in [4.69, 9.17) is 0 Å². The van der Waals surface area contributed by atoms with Crippen LogP contribution in [-0.2, 0) is 11.3 Å². The molecule has 2 heterocycles. The molecule has 0 radical (unpaired) electrons. The van der Waals surface area contributed by atoms with E-state index >= 15 is 0 Å². The van der Waals surface area contributed by atoms with Crippen molar-refractivity contribution in [3.63, 3.8) is 0 Å². The largest absolute Gasteiger partial charge is 0.303 e. The average molecular weight is 260 g/mol. The summed E-state index contributed by atoms with van der Waals surface area (Å²) in [4.78, 5) is 17.9. The molecule has 1 aliphatic heterocycles. The number of fused-ring (bicyclic) bond motifs is 1. The van der Waals surface area contributed by atoms with Crippen LogP contribution in [0.4, 0.5) is 0 Å². The standard InChI is InChI=1S/C14H16N2OS/c17-10-11-4-3-7-16(8-11)9-14-15-12-5-1-2-6-13(12)18-14/h1-2,5-6,10-11H,3-4,7-9H2. The van der Waals surface area contributed by atoms with Crippen molar-refractivity contribution >= 4 is 27.8 Å². The maximum atomic E-state index is 10.9. The van der Waals surface area contributed by atoms with Crippen molar-refractivity contribution in [3.8, 4) is 0 Å². The van der Waals surface area contributed by atoms with E-state index in [2.05, 4.69) is 22.0 Å². The van der Waals surface area contributed by atoms with E-state index in [0.29, 0.717) is 0 Å². The monoisotopic (exact) mass is 260 g/mol. The second kappa shape index (κ2) is 5.16. The zero-order valence-corrected chi connectivity index (χ0v) is 11.0. The number of aromatic nitrogens is 1. The van der Waals surface area contributed by atoms with Crippen LogP contribution in [0.2, 0.25) is 0 Å². The summed E-state index contributed by atoms with van der Waals surface area (Å²) in [6.45, 7) is 2.85. The summed E-state index contributed by atoms with van der Waals surface area (Å²) >= 11 is 1.76. The molecule has 18 heavy (non-hydrogen) atoms. The Morgan fingerprint density at radius 2 is 2.33 bits per heavy atom. The van der Waals surface area contributed by atoms with Crippen molar-refractivity contribution in [1.29, 1.82) is 0 Å². The van der Waals surface area contributed by atoms with E-state index < -0.39 is 0 Å². The lowest BCUT2D eigenvalue weighted by Gasteiger charge is -2.29. The van der Waals surface area contributed by atoms with Gasteiger partial charge in [-0.25, -0.2) is 4.98 Å². The molecule has 2 aromatic rings. The minimum absolute atomic E-state index is 0.216. The van der Waals surface area contributed by atoms with E-state index in [-0.39, 0.29) is 5.92 Å². The van der Waals surface area contributed by atoms with Crippen LogP contribution in [0.3, 0.4) is 0 Å². The molecule has 0 spiro atoms. The number of carbonyl (C=O) groups is 1. The molecule has 0 amide bonds. The highest BCUT2D eigenvalue weighted by atomic mass is 32.1. The molecule has 0 saturated carbocycles. The van der Waals surface area contributed by atoms with Crippen molar-refractivity contribution in [1.82, 2.24) is 9.88 Å². The Kier molecular flexibility index (Phi) is 3.39. The van der Waals surface area contributed by atoms with Crippen molar-refractivity contribution in [3.05, 3.63) is 29.3 Å². The van der Waals surface area contributed by atoms with Crippen molar-refractivity contribution in [2.75, 3.05) is 13.1 Å². The molecular formula is C14H16N2OS. The highest BCUT2D eigenvalue weighted by Crippen LogP contribution is 2.24. The molecule has 1 saturated heterocycles. The quantitative estimate of drug-likeness (QED) is 0.796. The number of hydrogen-bond acceptors (Lipinski definition) is 4. The molecule has 1 aromatic carbocycles. The van der Waals surface area contributed by atoms with Gasteiger partial charge in [0, 0.05) is 12.5 Å². The summed E-state index contributed by atoms with van der Waals surface area (Å²) in [6.07, 6.45) is 3.26. The van der Waals surface area contributed by atoms with Gasteiger partial charge >= 0.3 is 0 Å². The van der Waals surface area contributed by atoms with Gasteiger partial charge < -0.3 is 4.79 Å². The lowest BCUT2D eigenvalue weighted by molar-refractivity contribution is -0.112. The molecule has 94 valence electrons. The zero-order chi connectivity index (χ0) is 12.4. The Hall–Kier alpha value is -1.26. The molecule has 0 aliphatic carbocycles. The number of carbonyl (C=O) groups excluding carboxylic acids is 1. The second-order valence-corrected chi connectivity index (χ2v) is 5.96. The highest BCUT2D eigenvalue weighted by molar-refractivity contribution is 7.18. The first-order valence-corrected chi connectivity index (χ1v) is 7.19. The van der Waals surface area contributed by atoms with Gasteiger partial charge in [-0.05, 0) is 31.5 Å². The van der Waals surface area contributed by atoms with Gasteiger partial charge in [0.1, 0.15) is 11.3 Å². The second-order valence-electron chi connectivity index (χ2n) is 4.85. The number of thiazole rings is 1. The maximum absolute atomic E-state index is 10.9. The number of nitrogens with zero attached hydrogens (tertiary/aromatic N) is 2. The summed E-state index contributed by atoms with van der Waals surface area (Å²) in [5, 5.41) is 1.16. The highest BCUT2D eigenvalue weighted by Gasteiger charge is 2.20. The summed E-state index contributed by atoms with van der Waals surface area (Å²) in [5.74, 6) is 0.216. The fraction of sp³-hybridized carbons (Fsp3) is 0.429. The van der Waals surface area contributed by atoms with Crippen molar-refractivity contribution in [2.45, 2.75) is 19.4 Å². The predicted octanol–water partition coefficient (Wildman–Crippen LogP) is 2.71. The first kappa shape index (κ1) is 11.8. The molecule has 1 fully saturated rings. The van der Waals surface area contributed by atoms with Gasteiger partial charge in [-0.3, -0.25) is 4.90 Å². The van der Waals surface area contributed by atoms with E-state index in [0.717, 1.165) is 49.3 Å². The Bertz CT molecular complexity index is 518. The third-order valence-electron chi connectivity index (χ3n) is 3.43. The average Bonchev–Trinajstić information content (AvgIpc) is 2.81. The number of aldehydes is 1. The number of rotatable bonds is 3. The van der Waals surface area contributed by atoms with Gasteiger partial charge in [-0.15, -0.1) is 11.3 Å². The number of benzene rings is 1. The van der Waals surface area contributed by atoms with Gasteiger partial charge in [-0.2, -0.15) is 0 Å². The Morgan fingerprint density at radius 3 is 3.17 bits per heavy atom. The van der Waals surface area contributed by atoms with Crippen molar-refractivity contribution < 1.29 is 4.79 Å². The lowest BCUT2D eigenvalue weighted by atomic mass is 10.00. The minimum Gasteiger partial charge on any atom is -0.303 e. The molecule has 0 bridgehead atoms. The Morgan fingerprint density at radius 1 is 1.44 bits per heavy atom. The summed E-state index contributed by atoms with van der Waals surface area (Å²) < 4.78 is 1.25. The van der Waals surface area contributed by atoms with Crippen LogP contribution in [0.25, 0.3) is 10.2 Å². The smallest absolute Gasteiger partial charge is 0.124 e. The maximum Gasteiger partial charge on any atom is 0.124 e. The van der Waals surface area contributed by atoms with Crippen molar-refractivity contribution in [2.24, 2.45) is 5.92 Å². The first-order chi connectivity index (χ1) is 8.85. The summed E-state index contributed by atoms with van der Waals surface area (Å²) in [7, 11) is 0. The fourth-order valence-corrected chi connectivity index (χ4v) is 3.53. The van der Waals surface area contributed by atoms with Gasteiger partial charge in [0.2, 0.25) is 0 Å². The summed E-state index contributed by atoms with van der Waals surface area (Å²) in [6, 6.07) is 8.24. The molecule has 3 rings (SSSR count). The molecule has 0 N–H and O–H groups in total.